The maximum absolute atomic E-state index is 6.55. The Bertz CT molecular complexity index is 1390. The molecule has 2 aromatic heterocycles. The van der Waals surface area contributed by atoms with E-state index in [4.69, 9.17) is 10.7 Å². The van der Waals surface area contributed by atoms with Gasteiger partial charge in [-0.3, -0.25) is 9.98 Å². The number of hydrogen-bond donors (Lipinski definition) is 1. The van der Waals surface area contributed by atoms with Gasteiger partial charge in [0.15, 0.2) is 0 Å². The van der Waals surface area contributed by atoms with Gasteiger partial charge in [-0.25, -0.2) is 9.97 Å². The Morgan fingerprint density at radius 1 is 0.848 bits per heavy atom. The summed E-state index contributed by atoms with van der Waals surface area (Å²) in [6.07, 6.45) is 12.6. The molecule has 4 aromatic rings. The van der Waals surface area contributed by atoms with Crippen molar-refractivity contribution in [2.45, 2.75) is 36.8 Å². The summed E-state index contributed by atoms with van der Waals surface area (Å²) in [6, 6.07) is 21.5. The number of rotatable bonds is 4. The number of nitrogens with two attached hydrogens (primary N) is 1. The van der Waals surface area contributed by atoms with Crippen LogP contribution >= 0.6 is 0 Å². The third-order valence-corrected chi connectivity index (χ3v) is 7.01. The molecule has 0 bridgehead atoms. The first-order valence-corrected chi connectivity index (χ1v) is 11.5. The molecule has 3 heterocycles. The van der Waals surface area contributed by atoms with Crippen molar-refractivity contribution in [2.24, 2.45) is 10.7 Å². The van der Waals surface area contributed by atoms with Gasteiger partial charge in [0, 0.05) is 34.6 Å². The number of nitrogens with zero attached hydrogens (tertiary/aromatic N) is 4. The predicted octanol–water partition coefficient (Wildman–Crippen LogP) is 3.82. The van der Waals surface area contributed by atoms with Gasteiger partial charge in [-0.1, -0.05) is 60.7 Å². The van der Waals surface area contributed by atoms with E-state index in [1.807, 2.05) is 6.20 Å². The number of fused-ring (bicyclic) bond motifs is 1. The van der Waals surface area contributed by atoms with Crippen LogP contribution in [0, 0.1) is 0 Å². The molecule has 0 spiro atoms. The van der Waals surface area contributed by atoms with Gasteiger partial charge in [-0.05, 0) is 42.0 Å². The van der Waals surface area contributed by atoms with E-state index >= 15 is 0 Å². The SMILES string of the molecule is NC1(c2ccc(C3N=c4cnc(-c5cncnc5)cc4=CC3c3ccccc3)cc2)CCC1. The van der Waals surface area contributed by atoms with Crippen molar-refractivity contribution < 1.29 is 0 Å². The van der Waals surface area contributed by atoms with E-state index in [-0.39, 0.29) is 17.5 Å². The maximum atomic E-state index is 6.55. The Balaban J connectivity index is 1.45. The Morgan fingerprint density at radius 2 is 1.61 bits per heavy atom. The lowest BCUT2D eigenvalue weighted by atomic mass is 9.72. The van der Waals surface area contributed by atoms with E-state index in [0.717, 1.165) is 34.7 Å². The van der Waals surface area contributed by atoms with Gasteiger partial charge in [0.25, 0.3) is 0 Å². The van der Waals surface area contributed by atoms with Crippen molar-refractivity contribution >= 4 is 6.08 Å². The molecule has 2 N–H and O–H groups in total. The molecule has 1 fully saturated rings. The average Bonchev–Trinajstić information content (AvgIpc) is 2.87. The van der Waals surface area contributed by atoms with Gasteiger partial charge in [0.05, 0.1) is 23.3 Å². The molecule has 1 aliphatic carbocycles. The molecule has 2 unspecified atom stereocenters. The van der Waals surface area contributed by atoms with Crippen molar-refractivity contribution in [3.63, 3.8) is 0 Å². The highest BCUT2D eigenvalue weighted by molar-refractivity contribution is 5.57. The van der Waals surface area contributed by atoms with Crippen LogP contribution in [0.3, 0.4) is 0 Å². The van der Waals surface area contributed by atoms with Gasteiger partial charge in [-0.15, -0.1) is 0 Å². The highest BCUT2D eigenvalue weighted by Gasteiger charge is 2.34. The summed E-state index contributed by atoms with van der Waals surface area (Å²) in [7, 11) is 0. The van der Waals surface area contributed by atoms with Crippen LogP contribution in [-0.4, -0.2) is 15.0 Å². The van der Waals surface area contributed by atoms with Crippen LogP contribution in [-0.2, 0) is 5.54 Å². The van der Waals surface area contributed by atoms with Crippen molar-refractivity contribution in [3.8, 4) is 11.3 Å². The van der Waals surface area contributed by atoms with Gasteiger partial charge >= 0.3 is 0 Å². The molecule has 5 nitrogen and oxygen atoms in total. The summed E-state index contributed by atoms with van der Waals surface area (Å²) in [5.41, 5.74) is 11.8. The third kappa shape index (κ3) is 3.64. The molecule has 1 saturated carbocycles. The maximum Gasteiger partial charge on any atom is 0.115 e. The Morgan fingerprint density at radius 3 is 2.30 bits per heavy atom. The Labute approximate surface area is 192 Å². The molecular weight excluding hydrogens is 406 g/mol. The largest absolute Gasteiger partial charge is 0.321 e. The number of pyridine rings is 1. The third-order valence-electron chi connectivity index (χ3n) is 7.01. The zero-order valence-electron chi connectivity index (χ0n) is 18.3. The molecule has 6 rings (SSSR count). The first kappa shape index (κ1) is 19.9. The molecular formula is C28H25N5. The van der Waals surface area contributed by atoms with E-state index < -0.39 is 0 Å². The molecule has 5 heteroatoms. The average molecular weight is 432 g/mol. The number of benzene rings is 2. The predicted molar refractivity (Wildman–Crippen MR) is 129 cm³/mol. The zero-order valence-corrected chi connectivity index (χ0v) is 18.3. The van der Waals surface area contributed by atoms with Gasteiger partial charge in [0.2, 0.25) is 0 Å². The Hall–Kier alpha value is -3.70. The summed E-state index contributed by atoms with van der Waals surface area (Å²) in [6.45, 7) is 0. The van der Waals surface area contributed by atoms with E-state index in [1.54, 1.807) is 12.4 Å². The fraction of sp³-hybridized carbons (Fsp3) is 0.214. The summed E-state index contributed by atoms with van der Waals surface area (Å²) in [5.74, 6) is 0.127. The van der Waals surface area contributed by atoms with Crippen molar-refractivity contribution in [3.05, 3.63) is 113 Å². The zero-order chi connectivity index (χ0) is 22.3. The van der Waals surface area contributed by atoms with Crippen LogP contribution in [0.25, 0.3) is 17.3 Å². The second kappa shape index (κ2) is 8.01. The molecule has 0 saturated heterocycles. The quantitative estimate of drug-likeness (QED) is 0.533. The normalized spacial score (nSPS) is 20.6. The minimum Gasteiger partial charge on any atom is -0.321 e. The first-order valence-electron chi connectivity index (χ1n) is 11.5. The monoisotopic (exact) mass is 431 g/mol. The summed E-state index contributed by atoms with van der Waals surface area (Å²) in [5, 5.41) is 1.99. The summed E-state index contributed by atoms with van der Waals surface area (Å²) < 4.78 is 0. The van der Waals surface area contributed by atoms with E-state index in [0.29, 0.717) is 0 Å². The lowest BCUT2D eigenvalue weighted by Gasteiger charge is -2.38. The molecule has 33 heavy (non-hydrogen) atoms. The van der Waals surface area contributed by atoms with Crippen LogP contribution in [0.2, 0.25) is 0 Å². The van der Waals surface area contributed by atoms with Crippen molar-refractivity contribution in [2.75, 3.05) is 0 Å². The van der Waals surface area contributed by atoms with Crippen LogP contribution < -0.4 is 16.3 Å². The number of hydrogen-bond acceptors (Lipinski definition) is 5. The molecule has 2 atom stereocenters. The van der Waals surface area contributed by atoms with E-state index in [9.17, 15) is 0 Å². The van der Waals surface area contributed by atoms with E-state index in [1.165, 1.54) is 29.4 Å². The van der Waals surface area contributed by atoms with Crippen molar-refractivity contribution in [1.29, 1.82) is 0 Å². The van der Waals surface area contributed by atoms with Crippen LogP contribution in [0.1, 0.15) is 47.9 Å². The number of aromatic nitrogens is 3. The van der Waals surface area contributed by atoms with Gasteiger partial charge in [0.1, 0.15) is 6.33 Å². The minimum atomic E-state index is -0.152. The van der Waals surface area contributed by atoms with E-state index in [2.05, 4.69) is 81.7 Å². The lowest BCUT2D eigenvalue weighted by molar-refractivity contribution is 0.253. The first-order chi connectivity index (χ1) is 16.2. The van der Waals surface area contributed by atoms with Gasteiger partial charge in [-0.2, -0.15) is 0 Å². The second-order valence-electron chi connectivity index (χ2n) is 9.06. The highest BCUT2D eigenvalue weighted by atomic mass is 14.8. The smallest absolute Gasteiger partial charge is 0.115 e. The molecule has 0 radical (unpaired) electrons. The standard InChI is InChI=1S/C28H25N5/c29-28(11-4-12-28)23-9-7-20(8-10-23)27-24(19-5-2-1-3-6-19)13-21-14-25(32-17-26(21)33-27)22-15-30-18-31-16-22/h1-3,5-10,13-18,24,27H,4,11-12,29H2. The second-order valence-corrected chi connectivity index (χ2v) is 9.06. The van der Waals surface area contributed by atoms with Gasteiger partial charge < -0.3 is 5.73 Å². The topological polar surface area (TPSA) is 77.0 Å². The molecule has 2 aromatic carbocycles. The van der Waals surface area contributed by atoms with Crippen LogP contribution in [0.4, 0.5) is 0 Å². The molecule has 0 amide bonds. The fourth-order valence-corrected chi connectivity index (χ4v) is 4.90. The minimum absolute atomic E-state index is 0.0169. The summed E-state index contributed by atoms with van der Waals surface area (Å²) in [4.78, 5) is 18.1. The highest BCUT2D eigenvalue weighted by Crippen LogP contribution is 2.41. The lowest BCUT2D eigenvalue weighted by Crippen LogP contribution is -2.43. The van der Waals surface area contributed by atoms with Crippen LogP contribution in [0.15, 0.2) is 90.6 Å². The Kier molecular flexibility index (Phi) is 4.84. The van der Waals surface area contributed by atoms with Crippen molar-refractivity contribution in [1.82, 2.24) is 15.0 Å². The van der Waals surface area contributed by atoms with Crippen LogP contribution in [0.5, 0.6) is 0 Å². The summed E-state index contributed by atoms with van der Waals surface area (Å²) >= 11 is 0. The fourth-order valence-electron chi connectivity index (χ4n) is 4.90. The molecule has 1 aliphatic heterocycles. The molecule has 2 aliphatic rings. The molecule has 162 valence electrons.